The van der Waals surface area contributed by atoms with Crippen LogP contribution in [-0.4, -0.2) is 42.8 Å². The Morgan fingerprint density at radius 1 is 1.35 bits per heavy atom. The van der Waals surface area contributed by atoms with Gasteiger partial charge < -0.3 is 16.2 Å². The fourth-order valence-electron chi connectivity index (χ4n) is 1.23. The maximum atomic E-state index is 8.67. The second-order valence-corrected chi connectivity index (χ2v) is 3.29. The van der Waals surface area contributed by atoms with E-state index in [4.69, 9.17) is 10.8 Å². The molecular weight excluding hydrogens is 222 g/mol. The van der Waals surface area contributed by atoms with Gasteiger partial charge in [0.15, 0.2) is 0 Å². The Morgan fingerprint density at radius 2 is 2.24 bits per heavy atom. The molecule has 0 saturated heterocycles. The van der Waals surface area contributed by atoms with Crippen LogP contribution in [0.3, 0.4) is 0 Å². The van der Waals surface area contributed by atoms with Gasteiger partial charge in [-0.15, -0.1) is 0 Å². The summed E-state index contributed by atoms with van der Waals surface area (Å²) in [6.07, 6.45) is 5.53. The van der Waals surface area contributed by atoms with Gasteiger partial charge in [-0.2, -0.15) is 15.0 Å². The average molecular weight is 235 g/mol. The topological polar surface area (TPSA) is 115 Å². The van der Waals surface area contributed by atoms with E-state index in [0.29, 0.717) is 24.9 Å². The number of anilines is 2. The summed E-state index contributed by atoms with van der Waals surface area (Å²) in [7, 11) is 0. The molecule has 0 spiro atoms. The predicted molar refractivity (Wildman–Crippen MR) is 61.6 cm³/mol. The predicted octanol–water partition coefficient (Wildman–Crippen LogP) is -0.566. The van der Waals surface area contributed by atoms with E-state index in [-0.39, 0.29) is 12.6 Å². The number of imidazole rings is 1. The third-order valence-electron chi connectivity index (χ3n) is 1.99. The van der Waals surface area contributed by atoms with Gasteiger partial charge in [-0.3, -0.25) is 4.57 Å². The Morgan fingerprint density at radius 3 is 2.94 bits per heavy atom. The molecule has 0 radical (unpaired) electrons. The molecule has 8 heteroatoms. The maximum Gasteiger partial charge on any atom is 0.241 e. The van der Waals surface area contributed by atoms with Gasteiger partial charge in [0, 0.05) is 25.5 Å². The van der Waals surface area contributed by atoms with Gasteiger partial charge in [0.2, 0.25) is 17.8 Å². The lowest BCUT2D eigenvalue weighted by atomic mass is 10.4. The third kappa shape index (κ3) is 2.88. The number of nitrogen functional groups attached to an aromatic ring is 1. The molecule has 17 heavy (non-hydrogen) atoms. The normalized spacial score (nSPS) is 10.4. The molecule has 2 aromatic heterocycles. The van der Waals surface area contributed by atoms with Crippen LogP contribution in [0.25, 0.3) is 5.95 Å². The number of hydrogen-bond donors (Lipinski definition) is 3. The monoisotopic (exact) mass is 235 g/mol. The SMILES string of the molecule is Nc1nc(NCCCO)nc(-n2ccnc2)n1. The van der Waals surface area contributed by atoms with Gasteiger partial charge in [0.05, 0.1) is 0 Å². The van der Waals surface area contributed by atoms with Gasteiger partial charge in [0.1, 0.15) is 6.33 Å². The first-order valence-electron chi connectivity index (χ1n) is 5.14. The van der Waals surface area contributed by atoms with Gasteiger partial charge >= 0.3 is 0 Å². The van der Waals surface area contributed by atoms with E-state index in [2.05, 4.69) is 25.3 Å². The summed E-state index contributed by atoms with van der Waals surface area (Å²) in [5.74, 6) is 0.923. The van der Waals surface area contributed by atoms with Crippen LogP contribution in [0.15, 0.2) is 18.7 Å². The van der Waals surface area contributed by atoms with Crippen LogP contribution in [0, 0.1) is 0 Å². The van der Waals surface area contributed by atoms with Crippen LogP contribution >= 0.6 is 0 Å². The number of aliphatic hydroxyl groups is 1. The van der Waals surface area contributed by atoms with Crippen molar-refractivity contribution in [3.05, 3.63) is 18.7 Å². The zero-order chi connectivity index (χ0) is 12.1. The molecule has 0 bridgehead atoms. The highest BCUT2D eigenvalue weighted by Gasteiger charge is 2.05. The van der Waals surface area contributed by atoms with E-state index in [9.17, 15) is 0 Å². The average Bonchev–Trinajstić information content (AvgIpc) is 2.82. The van der Waals surface area contributed by atoms with Crippen molar-refractivity contribution in [2.45, 2.75) is 6.42 Å². The first-order chi connectivity index (χ1) is 8.29. The summed E-state index contributed by atoms with van der Waals surface area (Å²) in [6, 6.07) is 0. The number of aromatic nitrogens is 5. The highest BCUT2D eigenvalue weighted by Crippen LogP contribution is 2.06. The smallest absolute Gasteiger partial charge is 0.241 e. The fraction of sp³-hybridized carbons (Fsp3) is 0.333. The Kier molecular flexibility index (Phi) is 3.46. The number of aliphatic hydroxyl groups excluding tert-OH is 1. The van der Waals surface area contributed by atoms with Crippen LogP contribution in [0.4, 0.5) is 11.9 Å². The van der Waals surface area contributed by atoms with Gasteiger partial charge in [0.25, 0.3) is 0 Å². The van der Waals surface area contributed by atoms with Gasteiger partial charge in [-0.1, -0.05) is 0 Å². The van der Waals surface area contributed by atoms with Crippen molar-refractivity contribution in [3.8, 4) is 5.95 Å². The molecule has 0 aliphatic carbocycles. The Labute approximate surface area is 97.6 Å². The van der Waals surface area contributed by atoms with E-state index in [1.807, 2.05) is 0 Å². The second kappa shape index (κ2) is 5.21. The van der Waals surface area contributed by atoms with Crippen LogP contribution in [0.1, 0.15) is 6.42 Å². The summed E-state index contributed by atoms with van der Waals surface area (Å²) in [4.78, 5) is 16.0. The number of rotatable bonds is 5. The highest BCUT2D eigenvalue weighted by atomic mass is 16.3. The van der Waals surface area contributed by atoms with Crippen LogP contribution in [0.2, 0.25) is 0 Å². The van der Waals surface area contributed by atoms with Crippen molar-refractivity contribution < 1.29 is 5.11 Å². The Hall–Kier alpha value is -2.22. The second-order valence-electron chi connectivity index (χ2n) is 3.29. The van der Waals surface area contributed by atoms with Crippen molar-refractivity contribution in [2.24, 2.45) is 0 Å². The third-order valence-corrected chi connectivity index (χ3v) is 1.99. The van der Waals surface area contributed by atoms with Crippen molar-refractivity contribution in [2.75, 3.05) is 24.2 Å². The minimum absolute atomic E-state index is 0.113. The molecule has 0 unspecified atom stereocenters. The maximum absolute atomic E-state index is 8.67. The molecule has 0 aromatic carbocycles. The lowest BCUT2D eigenvalue weighted by Crippen LogP contribution is -2.12. The van der Waals surface area contributed by atoms with Crippen molar-refractivity contribution in [1.82, 2.24) is 24.5 Å². The number of nitrogens with zero attached hydrogens (tertiary/aromatic N) is 5. The molecule has 8 nitrogen and oxygen atoms in total. The molecule has 0 saturated carbocycles. The molecule has 90 valence electrons. The molecule has 0 aliphatic heterocycles. The van der Waals surface area contributed by atoms with Crippen LogP contribution in [-0.2, 0) is 0 Å². The van der Waals surface area contributed by atoms with Crippen LogP contribution in [0.5, 0.6) is 0 Å². The largest absolute Gasteiger partial charge is 0.396 e. The van der Waals surface area contributed by atoms with E-state index in [1.165, 1.54) is 0 Å². The molecule has 2 heterocycles. The summed E-state index contributed by atoms with van der Waals surface area (Å²) in [6.45, 7) is 0.686. The van der Waals surface area contributed by atoms with Gasteiger partial charge in [-0.05, 0) is 6.42 Å². The van der Waals surface area contributed by atoms with E-state index < -0.39 is 0 Å². The number of hydrogen-bond acceptors (Lipinski definition) is 7. The molecule has 0 fully saturated rings. The zero-order valence-corrected chi connectivity index (χ0v) is 9.11. The lowest BCUT2D eigenvalue weighted by molar-refractivity contribution is 0.292. The summed E-state index contributed by atoms with van der Waals surface area (Å²) in [5.41, 5.74) is 5.58. The molecule has 2 rings (SSSR count). The Balaban J connectivity index is 2.18. The van der Waals surface area contributed by atoms with Gasteiger partial charge in [-0.25, -0.2) is 4.98 Å². The van der Waals surface area contributed by atoms with Crippen molar-refractivity contribution in [3.63, 3.8) is 0 Å². The number of nitrogens with one attached hydrogen (secondary N) is 1. The van der Waals surface area contributed by atoms with Crippen molar-refractivity contribution in [1.29, 1.82) is 0 Å². The molecule has 4 N–H and O–H groups in total. The Bertz CT molecular complexity index is 470. The molecular formula is C9H13N7O. The van der Waals surface area contributed by atoms with Crippen molar-refractivity contribution >= 4 is 11.9 Å². The standard InChI is InChI=1S/C9H13N7O/c10-7-13-8(12-2-1-5-17)15-9(14-7)16-4-3-11-6-16/h3-4,6,17H,1-2,5H2,(H3,10,12,13,14,15). The molecule has 0 aliphatic rings. The van der Waals surface area contributed by atoms with E-state index in [1.54, 1.807) is 23.3 Å². The summed E-state index contributed by atoms with van der Waals surface area (Å²) >= 11 is 0. The molecule has 2 aromatic rings. The van der Waals surface area contributed by atoms with Crippen LogP contribution < -0.4 is 11.1 Å². The first-order valence-corrected chi connectivity index (χ1v) is 5.14. The molecule has 0 amide bonds. The zero-order valence-electron chi connectivity index (χ0n) is 9.11. The summed E-state index contributed by atoms with van der Waals surface area (Å²) < 4.78 is 1.63. The lowest BCUT2D eigenvalue weighted by Gasteiger charge is -2.06. The van der Waals surface area contributed by atoms with E-state index >= 15 is 0 Å². The minimum Gasteiger partial charge on any atom is -0.396 e. The number of nitrogens with two attached hydrogens (primary N) is 1. The highest BCUT2D eigenvalue weighted by molar-refractivity contribution is 5.34. The molecule has 0 atom stereocenters. The quantitative estimate of drug-likeness (QED) is 0.594. The summed E-state index contributed by atoms with van der Waals surface area (Å²) in [5, 5.41) is 11.6. The minimum atomic E-state index is 0.113. The first kappa shape index (κ1) is 11.3. The van der Waals surface area contributed by atoms with E-state index in [0.717, 1.165) is 0 Å². The fourth-order valence-corrected chi connectivity index (χ4v) is 1.23.